The van der Waals surface area contributed by atoms with Crippen molar-refractivity contribution in [2.24, 2.45) is 0 Å². The minimum Gasteiger partial charge on any atom is -0.481 e. The molecule has 158 valence electrons. The van der Waals surface area contributed by atoms with Crippen molar-refractivity contribution < 1.29 is 27.0 Å². The number of anilines is 1. The lowest BCUT2D eigenvalue weighted by Crippen LogP contribution is -2.43. The Labute approximate surface area is 171 Å². The van der Waals surface area contributed by atoms with Gasteiger partial charge in [0.05, 0.1) is 13.2 Å². The van der Waals surface area contributed by atoms with Crippen LogP contribution in [0.5, 0.6) is 5.88 Å². The highest BCUT2D eigenvalue weighted by Crippen LogP contribution is 2.26. The van der Waals surface area contributed by atoms with Crippen molar-refractivity contribution in [3.63, 3.8) is 0 Å². The molecule has 0 aliphatic carbocycles. The molecule has 1 fully saturated rings. The second-order valence-corrected chi connectivity index (χ2v) is 8.93. The summed E-state index contributed by atoms with van der Waals surface area (Å²) in [6.07, 6.45) is 0.203. The van der Waals surface area contributed by atoms with E-state index in [1.54, 1.807) is 0 Å². The van der Waals surface area contributed by atoms with Crippen LogP contribution in [0.15, 0.2) is 29.4 Å². The number of benzene rings is 1. The van der Waals surface area contributed by atoms with Crippen molar-refractivity contribution in [2.75, 3.05) is 24.9 Å². The quantitative estimate of drug-likeness (QED) is 0.496. The molecule has 1 aliphatic rings. The highest BCUT2D eigenvalue weighted by molar-refractivity contribution is 7.98. The van der Waals surface area contributed by atoms with E-state index in [1.165, 1.54) is 29.6 Å². The molecule has 29 heavy (non-hydrogen) atoms. The average molecular weight is 447 g/mol. The summed E-state index contributed by atoms with van der Waals surface area (Å²) in [7, 11) is -2.51. The summed E-state index contributed by atoms with van der Waals surface area (Å²) in [6, 6.07) is 5.19. The van der Waals surface area contributed by atoms with E-state index in [4.69, 9.17) is 4.74 Å². The van der Waals surface area contributed by atoms with Gasteiger partial charge in [-0.15, -0.1) is 0 Å². The van der Waals surface area contributed by atoms with Crippen molar-refractivity contribution in [1.29, 1.82) is 0 Å². The maximum atomic E-state index is 13.8. The van der Waals surface area contributed by atoms with E-state index in [2.05, 4.69) is 14.7 Å². The fourth-order valence-corrected chi connectivity index (χ4v) is 4.72. The number of aliphatic hydroxyl groups is 1. The summed E-state index contributed by atoms with van der Waals surface area (Å²) in [5, 5.41) is 9.68. The number of nitrogens with one attached hydrogen (secondary N) is 1. The molecular weight excluding hydrogens is 426 g/mol. The number of aliphatic hydroxyl groups excluding tert-OH is 1. The van der Waals surface area contributed by atoms with Gasteiger partial charge in [0, 0.05) is 30.5 Å². The highest BCUT2D eigenvalue weighted by atomic mass is 32.2. The van der Waals surface area contributed by atoms with E-state index >= 15 is 0 Å². The summed E-state index contributed by atoms with van der Waals surface area (Å²) in [6.45, 7) is 0.387. The van der Waals surface area contributed by atoms with Gasteiger partial charge in [0.1, 0.15) is 5.82 Å². The van der Waals surface area contributed by atoms with E-state index in [0.29, 0.717) is 12.8 Å². The fraction of sp³-hybridized carbons (Fsp3) is 0.412. The Hall–Kier alpha value is -2.02. The topological polar surface area (TPSA) is 105 Å². The SMILES string of the molecule is COc1cc(NS(=O)(=O)N2CCC(O)CC2)nc(SCc2cccc(F)c2F)n1. The van der Waals surface area contributed by atoms with Crippen molar-refractivity contribution in [3.05, 3.63) is 41.5 Å². The number of methoxy groups -OCH3 is 1. The van der Waals surface area contributed by atoms with Crippen molar-refractivity contribution in [1.82, 2.24) is 14.3 Å². The Bertz CT molecular complexity index is 970. The molecule has 2 aromatic rings. The largest absolute Gasteiger partial charge is 0.481 e. The Kier molecular flexibility index (Phi) is 6.88. The van der Waals surface area contributed by atoms with Crippen molar-refractivity contribution >= 4 is 27.8 Å². The maximum absolute atomic E-state index is 13.8. The van der Waals surface area contributed by atoms with Crippen molar-refractivity contribution in [3.8, 4) is 5.88 Å². The molecule has 8 nitrogen and oxygen atoms in total. The second kappa shape index (κ2) is 9.20. The smallest absolute Gasteiger partial charge is 0.302 e. The van der Waals surface area contributed by atoms with Crippen LogP contribution in [-0.4, -0.2) is 54.1 Å². The Morgan fingerprint density at radius 3 is 2.72 bits per heavy atom. The van der Waals surface area contributed by atoms with Crippen LogP contribution in [0.25, 0.3) is 0 Å². The zero-order valence-corrected chi connectivity index (χ0v) is 17.1. The summed E-state index contributed by atoms with van der Waals surface area (Å²) >= 11 is 1.01. The number of aromatic nitrogens is 2. The minimum absolute atomic E-state index is 0.00909. The summed E-state index contributed by atoms with van der Waals surface area (Å²) in [4.78, 5) is 8.24. The zero-order valence-electron chi connectivity index (χ0n) is 15.5. The van der Waals surface area contributed by atoms with Crippen LogP contribution in [0.1, 0.15) is 18.4 Å². The lowest BCUT2D eigenvalue weighted by molar-refractivity contribution is 0.113. The van der Waals surface area contributed by atoms with Gasteiger partial charge in [0.15, 0.2) is 16.8 Å². The molecule has 0 unspecified atom stereocenters. The van der Waals surface area contributed by atoms with Gasteiger partial charge in [-0.3, -0.25) is 4.72 Å². The number of hydrogen-bond donors (Lipinski definition) is 2. The third kappa shape index (κ3) is 5.53. The van der Waals surface area contributed by atoms with Gasteiger partial charge in [0.2, 0.25) is 5.88 Å². The first-order valence-corrected chi connectivity index (χ1v) is 11.2. The second-order valence-electron chi connectivity index (χ2n) is 6.32. The van der Waals surface area contributed by atoms with E-state index in [1.807, 2.05) is 0 Å². The maximum Gasteiger partial charge on any atom is 0.302 e. The van der Waals surface area contributed by atoms with Gasteiger partial charge in [-0.1, -0.05) is 23.9 Å². The predicted octanol–water partition coefficient (Wildman–Crippen LogP) is 2.17. The van der Waals surface area contributed by atoms with Gasteiger partial charge in [-0.2, -0.15) is 17.7 Å². The first kappa shape index (κ1) is 21.7. The van der Waals surface area contributed by atoms with Crippen LogP contribution >= 0.6 is 11.8 Å². The first-order chi connectivity index (χ1) is 13.8. The number of rotatable bonds is 7. The first-order valence-electron chi connectivity index (χ1n) is 8.73. The number of ether oxygens (including phenoxy) is 1. The standard InChI is InChI=1S/C17H20F2N4O4S2/c1-27-15-9-14(22-29(25,26)23-7-5-12(24)6-8-23)20-17(21-15)28-10-11-3-2-4-13(18)16(11)19/h2-4,9,12,24H,5-8,10H2,1H3,(H,20,21,22). The van der Waals surface area contributed by atoms with Gasteiger partial charge in [-0.25, -0.2) is 13.8 Å². The molecule has 1 saturated heterocycles. The van der Waals surface area contributed by atoms with E-state index in [0.717, 1.165) is 17.8 Å². The number of halogens is 2. The number of nitrogens with zero attached hydrogens (tertiary/aromatic N) is 3. The van der Waals surface area contributed by atoms with Crippen molar-refractivity contribution in [2.45, 2.75) is 29.9 Å². The van der Waals surface area contributed by atoms with E-state index in [-0.39, 0.29) is 41.3 Å². The Morgan fingerprint density at radius 1 is 1.31 bits per heavy atom. The average Bonchev–Trinajstić information content (AvgIpc) is 2.69. The van der Waals surface area contributed by atoms with Crippen LogP contribution in [-0.2, 0) is 16.0 Å². The Balaban J connectivity index is 1.75. The molecule has 0 spiro atoms. The molecule has 0 saturated carbocycles. The lowest BCUT2D eigenvalue weighted by Gasteiger charge is -2.28. The summed E-state index contributed by atoms with van der Waals surface area (Å²) < 4.78 is 61.0. The van der Waals surface area contributed by atoms with Gasteiger partial charge >= 0.3 is 10.2 Å². The number of hydrogen-bond acceptors (Lipinski definition) is 7. The summed E-state index contributed by atoms with van der Waals surface area (Å²) in [5.41, 5.74) is 0.135. The fourth-order valence-electron chi connectivity index (χ4n) is 2.71. The monoisotopic (exact) mass is 446 g/mol. The lowest BCUT2D eigenvalue weighted by atomic mass is 10.1. The minimum atomic E-state index is -3.87. The molecule has 0 atom stereocenters. The molecule has 0 bridgehead atoms. The van der Waals surface area contributed by atoms with Crippen LogP contribution in [0.3, 0.4) is 0 Å². The highest BCUT2D eigenvalue weighted by Gasteiger charge is 2.27. The van der Waals surface area contributed by atoms with Gasteiger partial charge in [0.25, 0.3) is 0 Å². The molecular formula is C17H20F2N4O4S2. The summed E-state index contributed by atoms with van der Waals surface area (Å²) in [5.74, 6) is -1.74. The molecule has 12 heteroatoms. The molecule has 3 rings (SSSR count). The van der Waals surface area contributed by atoms with E-state index < -0.39 is 27.9 Å². The number of thioether (sulfide) groups is 1. The van der Waals surface area contributed by atoms with Crippen LogP contribution < -0.4 is 9.46 Å². The van der Waals surface area contributed by atoms with Gasteiger partial charge in [-0.05, 0) is 18.9 Å². The van der Waals surface area contributed by atoms with Crippen LogP contribution in [0, 0.1) is 11.6 Å². The molecule has 1 aliphatic heterocycles. The Morgan fingerprint density at radius 2 is 2.03 bits per heavy atom. The molecule has 0 amide bonds. The molecule has 0 radical (unpaired) electrons. The van der Waals surface area contributed by atoms with Crippen LogP contribution in [0.2, 0.25) is 0 Å². The molecule has 1 aromatic carbocycles. The third-order valence-electron chi connectivity index (χ3n) is 4.28. The number of piperidine rings is 1. The van der Waals surface area contributed by atoms with E-state index in [9.17, 15) is 22.3 Å². The molecule has 1 aromatic heterocycles. The molecule has 2 heterocycles. The zero-order chi connectivity index (χ0) is 21.0. The van der Waals surface area contributed by atoms with Gasteiger partial charge < -0.3 is 9.84 Å². The normalized spacial score (nSPS) is 16.0. The molecule has 2 N–H and O–H groups in total. The van der Waals surface area contributed by atoms with Crippen LogP contribution in [0.4, 0.5) is 14.6 Å². The third-order valence-corrected chi connectivity index (χ3v) is 6.68. The predicted molar refractivity (Wildman–Crippen MR) is 104 cm³/mol.